The van der Waals surface area contributed by atoms with Gasteiger partial charge in [0.05, 0.1) is 29.4 Å². The summed E-state index contributed by atoms with van der Waals surface area (Å²) in [5.41, 5.74) is -0.375. The topological polar surface area (TPSA) is 152 Å². The van der Waals surface area contributed by atoms with Gasteiger partial charge in [0, 0.05) is 6.20 Å². The number of ether oxygens (including phenoxy) is 5. The van der Waals surface area contributed by atoms with Gasteiger partial charge < -0.3 is 23.7 Å². The lowest BCUT2D eigenvalue weighted by Crippen LogP contribution is -2.43. The Kier molecular flexibility index (Phi) is 9.77. The second kappa shape index (κ2) is 14.7. The summed E-state index contributed by atoms with van der Waals surface area (Å²) < 4.78 is 30.0. The van der Waals surface area contributed by atoms with Crippen LogP contribution in [0.15, 0.2) is 131 Å². The highest BCUT2D eigenvalue weighted by Gasteiger charge is 2.51. The second-order valence-corrected chi connectivity index (χ2v) is 10.9. The van der Waals surface area contributed by atoms with Crippen molar-refractivity contribution >= 4 is 17.9 Å². The predicted molar refractivity (Wildman–Crippen MR) is 175 cm³/mol. The first-order valence-electron chi connectivity index (χ1n) is 15.2. The van der Waals surface area contributed by atoms with Gasteiger partial charge in [0.2, 0.25) is 0 Å². The van der Waals surface area contributed by atoms with E-state index in [9.17, 15) is 24.0 Å². The van der Waals surface area contributed by atoms with Crippen molar-refractivity contribution in [3.63, 3.8) is 0 Å². The number of rotatable bonds is 10. The molecule has 248 valence electrons. The molecule has 6 rings (SSSR count). The number of nitrogens with one attached hydrogen (secondary N) is 1. The van der Waals surface area contributed by atoms with E-state index in [1.807, 2.05) is 0 Å². The molecule has 0 amide bonds. The van der Waals surface area contributed by atoms with Gasteiger partial charge in [0.1, 0.15) is 18.5 Å². The Labute approximate surface area is 279 Å². The minimum absolute atomic E-state index is 0.0933. The molecule has 0 bridgehead atoms. The third-order valence-corrected chi connectivity index (χ3v) is 7.82. The van der Waals surface area contributed by atoms with Crippen molar-refractivity contribution in [3.8, 4) is 16.9 Å². The van der Waals surface area contributed by atoms with Gasteiger partial charge >= 0.3 is 23.6 Å². The van der Waals surface area contributed by atoms with E-state index in [1.165, 1.54) is 25.4 Å². The van der Waals surface area contributed by atoms with Crippen LogP contribution in [-0.2, 0) is 18.9 Å². The van der Waals surface area contributed by atoms with E-state index in [0.29, 0.717) is 11.3 Å². The molecule has 1 aliphatic rings. The van der Waals surface area contributed by atoms with Crippen LogP contribution in [0.3, 0.4) is 0 Å². The molecule has 12 heteroatoms. The lowest BCUT2D eigenvalue weighted by molar-refractivity contribution is -0.0639. The molecule has 1 aromatic heterocycles. The first kappa shape index (κ1) is 32.7. The number of hydrogen-bond donors (Lipinski definition) is 1. The van der Waals surface area contributed by atoms with Crippen LogP contribution in [0.2, 0.25) is 0 Å². The summed E-state index contributed by atoms with van der Waals surface area (Å²) in [5.74, 6) is -1.70. The van der Waals surface area contributed by atoms with Crippen molar-refractivity contribution in [2.24, 2.45) is 0 Å². The summed E-state index contributed by atoms with van der Waals surface area (Å²) in [4.78, 5) is 68.5. The number of aromatic nitrogens is 2. The number of methoxy groups -OCH3 is 1. The monoisotopic (exact) mass is 662 g/mol. The Bertz CT molecular complexity index is 2050. The Morgan fingerprint density at radius 1 is 0.694 bits per heavy atom. The third kappa shape index (κ3) is 7.34. The molecule has 0 unspecified atom stereocenters. The number of nitrogens with zero attached hydrogens (tertiary/aromatic N) is 1. The standard InChI is InChI=1S/C37H30N2O10/c1-45-27-19-17-23(18-20-27)28-21-39(37(44)38-32(28)40)33-31(49-36(43)26-15-9-4-10-16-26)30(48-35(42)25-13-7-3-8-14-25)29(47-33)22-46-34(41)24-11-5-2-6-12-24/h2-21,29-31,33H,22H2,1H3,(H,38,40,44)/t29-,30-,31-,33-/m1/s1. The fourth-order valence-corrected chi connectivity index (χ4v) is 5.33. The summed E-state index contributed by atoms with van der Waals surface area (Å²) in [6.45, 7) is -0.445. The molecule has 49 heavy (non-hydrogen) atoms. The van der Waals surface area contributed by atoms with Crippen molar-refractivity contribution in [2.45, 2.75) is 24.5 Å². The van der Waals surface area contributed by atoms with Crippen LogP contribution in [-0.4, -0.2) is 59.5 Å². The molecule has 0 radical (unpaired) electrons. The summed E-state index contributed by atoms with van der Waals surface area (Å²) in [7, 11) is 1.50. The summed E-state index contributed by atoms with van der Waals surface area (Å²) in [6, 6.07) is 31.0. The van der Waals surface area contributed by atoms with Crippen LogP contribution in [0.1, 0.15) is 37.3 Å². The van der Waals surface area contributed by atoms with Crippen molar-refractivity contribution in [1.29, 1.82) is 0 Å². The highest BCUT2D eigenvalue weighted by Crippen LogP contribution is 2.35. The number of benzene rings is 4. The number of carbonyl (C=O) groups excluding carboxylic acids is 3. The molecule has 2 heterocycles. The van der Waals surface area contributed by atoms with Gasteiger partial charge in [0.25, 0.3) is 5.56 Å². The van der Waals surface area contributed by atoms with Gasteiger partial charge in [-0.1, -0.05) is 66.7 Å². The number of aromatic amines is 1. The van der Waals surface area contributed by atoms with Crippen LogP contribution in [0.4, 0.5) is 0 Å². The molecule has 1 N–H and O–H groups in total. The van der Waals surface area contributed by atoms with E-state index in [1.54, 1.807) is 103 Å². The molecular weight excluding hydrogens is 632 g/mol. The molecule has 12 nitrogen and oxygen atoms in total. The fraction of sp³-hybridized carbons (Fsp3) is 0.162. The van der Waals surface area contributed by atoms with Crippen LogP contribution < -0.4 is 16.0 Å². The summed E-state index contributed by atoms with van der Waals surface area (Å²) in [6.07, 6.45) is -4.22. The van der Waals surface area contributed by atoms with Crippen LogP contribution in [0.5, 0.6) is 5.75 Å². The van der Waals surface area contributed by atoms with Gasteiger partial charge in [-0.05, 0) is 54.1 Å². The lowest BCUT2D eigenvalue weighted by atomic mass is 10.1. The Balaban J connectivity index is 1.41. The van der Waals surface area contributed by atoms with Gasteiger partial charge in [-0.3, -0.25) is 14.3 Å². The normalized spacial score (nSPS) is 18.3. The zero-order valence-electron chi connectivity index (χ0n) is 26.1. The average molecular weight is 663 g/mol. The number of esters is 3. The highest BCUT2D eigenvalue weighted by molar-refractivity contribution is 5.91. The van der Waals surface area contributed by atoms with E-state index in [-0.39, 0.29) is 22.3 Å². The van der Waals surface area contributed by atoms with Crippen molar-refractivity contribution in [3.05, 3.63) is 159 Å². The van der Waals surface area contributed by atoms with Crippen molar-refractivity contribution in [2.75, 3.05) is 13.7 Å². The fourth-order valence-electron chi connectivity index (χ4n) is 5.33. The highest BCUT2D eigenvalue weighted by atomic mass is 16.7. The maximum atomic E-state index is 13.5. The lowest BCUT2D eigenvalue weighted by Gasteiger charge is -2.25. The van der Waals surface area contributed by atoms with Crippen molar-refractivity contribution < 1.29 is 38.1 Å². The minimum Gasteiger partial charge on any atom is -0.497 e. The minimum atomic E-state index is -1.45. The predicted octanol–water partition coefficient (Wildman–Crippen LogP) is 4.42. The molecular formula is C37H30N2O10. The third-order valence-electron chi connectivity index (χ3n) is 7.82. The first-order valence-corrected chi connectivity index (χ1v) is 15.2. The summed E-state index contributed by atoms with van der Waals surface area (Å²) in [5, 5.41) is 0. The molecule has 4 aromatic carbocycles. The van der Waals surface area contributed by atoms with E-state index in [4.69, 9.17) is 23.7 Å². The van der Waals surface area contributed by atoms with Crippen LogP contribution in [0, 0.1) is 0 Å². The molecule has 0 saturated carbocycles. The smallest absolute Gasteiger partial charge is 0.338 e. The zero-order valence-corrected chi connectivity index (χ0v) is 26.1. The van der Waals surface area contributed by atoms with Gasteiger partial charge in [-0.15, -0.1) is 0 Å². The molecule has 0 spiro atoms. The SMILES string of the molecule is COc1ccc(-c2cn([C@@H]3O[C@H](COC(=O)c4ccccc4)[C@@H](OC(=O)c4ccccc4)[C@H]3OC(=O)c3ccccc3)c(=O)[nH]c2=O)cc1. The Morgan fingerprint density at radius 3 is 1.73 bits per heavy atom. The number of carbonyl (C=O) groups is 3. The molecule has 1 aliphatic heterocycles. The van der Waals surface area contributed by atoms with Crippen LogP contribution in [0.25, 0.3) is 11.1 Å². The van der Waals surface area contributed by atoms with Gasteiger partial charge in [0.15, 0.2) is 18.4 Å². The molecule has 5 aromatic rings. The van der Waals surface area contributed by atoms with E-state index >= 15 is 0 Å². The Morgan fingerprint density at radius 2 is 1.20 bits per heavy atom. The molecule has 4 atom stereocenters. The maximum Gasteiger partial charge on any atom is 0.338 e. The van der Waals surface area contributed by atoms with Gasteiger partial charge in [-0.2, -0.15) is 0 Å². The Hall–Kier alpha value is -6.27. The molecule has 0 aliphatic carbocycles. The van der Waals surface area contributed by atoms with E-state index < -0.39 is 60.3 Å². The average Bonchev–Trinajstić information content (AvgIpc) is 3.47. The number of hydrogen-bond acceptors (Lipinski definition) is 10. The maximum absolute atomic E-state index is 13.5. The van der Waals surface area contributed by atoms with E-state index in [0.717, 1.165) is 4.57 Å². The second-order valence-electron chi connectivity index (χ2n) is 10.9. The van der Waals surface area contributed by atoms with Crippen molar-refractivity contribution in [1.82, 2.24) is 9.55 Å². The summed E-state index contributed by atoms with van der Waals surface area (Å²) >= 11 is 0. The van der Waals surface area contributed by atoms with E-state index in [2.05, 4.69) is 4.98 Å². The number of H-pyrrole nitrogens is 1. The first-order chi connectivity index (χ1) is 23.8. The largest absolute Gasteiger partial charge is 0.497 e. The zero-order chi connectivity index (χ0) is 34.3. The molecule has 1 fully saturated rings. The molecule has 1 saturated heterocycles. The van der Waals surface area contributed by atoms with Gasteiger partial charge in [-0.25, -0.2) is 19.2 Å². The van der Waals surface area contributed by atoms with Crippen LogP contribution >= 0.6 is 0 Å². The quantitative estimate of drug-likeness (QED) is 0.168.